The van der Waals surface area contributed by atoms with Crippen LogP contribution < -0.4 is 5.32 Å². The summed E-state index contributed by atoms with van der Waals surface area (Å²) in [6.07, 6.45) is 6.93. The van der Waals surface area contributed by atoms with Gasteiger partial charge in [0.05, 0.1) is 17.8 Å². The van der Waals surface area contributed by atoms with Crippen LogP contribution in [0.1, 0.15) is 51.3 Å². The first-order valence-electron chi connectivity index (χ1n) is 7.23. The van der Waals surface area contributed by atoms with Crippen molar-refractivity contribution < 1.29 is 4.74 Å². The van der Waals surface area contributed by atoms with E-state index in [1.807, 2.05) is 6.20 Å². The highest BCUT2D eigenvalue weighted by Crippen LogP contribution is 2.26. The third-order valence-electron chi connectivity index (χ3n) is 3.51. The normalized spacial score (nSPS) is 22.0. The van der Waals surface area contributed by atoms with Gasteiger partial charge in [0.2, 0.25) is 0 Å². The third-order valence-corrected chi connectivity index (χ3v) is 3.51. The Labute approximate surface area is 110 Å². The molecule has 4 heteroatoms. The highest BCUT2D eigenvalue weighted by atomic mass is 16.5. The average Bonchev–Trinajstić information content (AvgIpc) is 2.85. The minimum atomic E-state index is 0.282. The maximum Gasteiger partial charge on any atom is 0.0785 e. The van der Waals surface area contributed by atoms with Crippen molar-refractivity contribution in [3.63, 3.8) is 0 Å². The van der Waals surface area contributed by atoms with Crippen LogP contribution in [0.4, 0.5) is 0 Å². The predicted octanol–water partition coefficient (Wildman–Crippen LogP) is 2.51. The monoisotopic (exact) mass is 251 g/mol. The maximum atomic E-state index is 5.95. The van der Waals surface area contributed by atoms with Crippen LogP contribution in [0.2, 0.25) is 0 Å². The van der Waals surface area contributed by atoms with E-state index in [0.717, 1.165) is 32.5 Å². The summed E-state index contributed by atoms with van der Waals surface area (Å²) in [5, 5.41) is 7.99. The van der Waals surface area contributed by atoms with Gasteiger partial charge in [-0.1, -0.05) is 13.8 Å². The second-order valence-electron chi connectivity index (χ2n) is 4.92. The molecule has 0 aliphatic carbocycles. The van der Waals surface area contributed by atoms with Crippen LogP contribution in [0, 0.1) is 0 Å². The molecule has 1 aliphatic heterocycles. The zero-order valence-electron chi connectivity index (χ0n) is 11.6. The summed E-state index contributed by atoms with van der Waals surface area (Å²) in [4.78, 5) is 0. The molecule has 0 radical (unpaired) electrons. The first-order valence-corrected chi connectivity index (χ1v) is 7.23. The Morgan fingerprint density at radius 1 is 1.50 bits per heavy atom. The second-order valence-corrected chi connectivity index (χ2v) is 4.92. The number of aryl methyl sites for hydroxylation is 1. The van der Waals surface area contributed by atoms with Crippen LogP contribution in [-0.2, 0) is 11.3 Å². The Balaban J connectivity index is 2.14. The number of likely N-dealkylation sites (N-methyl/N-ethyl adjacent to an activating group) is 1. The molecule has 2 unspecified atom stereocenters. The largest absolute Gasteiger partial charge is 0.376 e. The van der Waals surface area contributed by atoms with Gasteiger partial charge in [0.1, 0.15) is 0 Å². The molecule has 1 fully saturated rings. The van der Waals surface area contributed by atoms with Crippen LogP contribution >= 0.6 is 0 Å². The lowest BCUT2D eigenvalue weighted by atomic mass is 9.99. The molecular formula is C14H25N3O. The topological polar surface area (TPSA) is 39.1 Å². The first kappa shape index (κ1) is 13.6. The van der Waals surface area contributed by atoms with Crippen LogP contribution in [0.25, 0.3) is 0 Å². The van der Waals surface area contributed by atoms with Crippen LogP contribution in [-0.4, -0.2) is 29.0 Å². The van der Waals surface area contributed by atoms with Crippen molar-refractivity contribution in [2.45, 2.75) is 58.2 Å². The summed E-state index contributed by atoms with van der Waals surface area (Å²) in [6, 6.07) is 2.41. The molecule has 0 spiro atoms. The SMILES string of the molecule is CCCn1nccc1C(NCC)C1CCCCO1. The van der Waals surface area contributed by atoms with Gasteiger partial charge in [-0.25, -0.2) is 0 Å². The molecule has 1 aliphatic rings. The van der Waals surface area contributed by atoms with Gasteiger partial charge in [-0.05, 0) is 38.3 Å². The lowest BCUT2D eigenvalue weighted by molar-refractivity contribution is -0.00969. The van der Waals surface area contributed by atoms with E-state index in [4.69, 9.17) is 4.74 Å². The van der Waals surface area contributed by atoms with Gasteiger partial charge < -0.3 is 10.1 Å². The van der Waals surface area contributed by atoms with Gasteiger partial charge in [-0.2, -0.15) is 5.10 Å². The molecule has 1 N–H and O–H groups in total. The molecule has 2 atom stereocenters. The Hall–Kier alpha value is -0.870. The van der Waals surface area contributed by atoms with Gasteiger partial charge in [-0.15, -0.1) is 0 Å². The van der Waals surface area contributed by atoms with Gasteiger partial charge in [-0.3, -0.25) is 4.68 Å². The van der Waals surface area contributed by atoms with Crippen molar-refractivity contribution in [3.8, 4) is 0 Å². The standard InChI is InChI=1S/C14H25N3O/c1-3-10-17-12(8-9-16-17)14(15-4-2)13-7-5-6-11-18-13/h8-9,13-15H,3-7,10-11H2,1-2H3. The quantitative estimate of drug-likeness (QED) is 0.844. The summed E-state index contributed by atoms with van der Waals surface area (Å²) in [6.45, 7) is 7.18. The molecule has 0 saturated carbocycles. The summed E-state index contributed by atoms with van der Waals surface area (Å²) in [5.74, 6) is 0. The third kappa shape index (κ3) is 3.12. The number of aromatic nitrogens is 2. The Morgan fingerprint density at radius 3 is 3.06 bits per heavy atom. The molecule has 1 aromatic heterocycles. The lowest BCUT2D eigenvalue weighted by Crippen LogP contribution is -2.37. The van der Waals surface area contributed by atoms with Gasteiger partial charge in [0.15, 0.2) is 0 Å². The highest BCUT2D eigenvalue weighted by Gasteiger charge is 2.27. The molecule has 0 bridgehead atoms. The molecule has 1 saturated heterocycles. The lowest BCUT2D eigenvalue weighted by Gasteiger charge is -2.31. The van der Waals surface area contributed by atoms with Crippen molar-refractivity contribution in [1.29, 1.82) is 0 Å². The smallest absolute Gasteiger partial charge is 0.0785 e. The van der Waals surface area contributed by atoms with E-state index in [0.29, 0.717) is 6.10 Å². The molecule has 4 nitrogen and oxygen atoms in total. The molecule has 102 valence electrons. The number of nitrogens with zero attached hydrogens (tertiary/aromatic N) is 2. The van der Waals surface area contributed by atoms with Crippen LogP contribution in [0.5, 0.6) is 0 Å². The van der Waals surface area contributed by atoms with Crippen LogP contribution in [0.15, 0.2) is 12.3 Å². The predicted molar refractivity (Wildman–Crippen MR) is 72.5 cm³/mol. The molecule has 1 aromatic rings. The maximum absolute atomic E-state index is 5.95. The van der Waals surface area contributed by atoms with E-state index in [2.05, 4.69) is 35.0 Å². The fourth-order valence-corrected chi connectivity index (χ4v) is 2.68. The zero-order chi connectivity index (χ0) is 12.8. The molecule has 0 amide bonds. The Bertz CT molecular complexity index is 345. The van der Waals surface area contributed by atoms with Crippen LogP contribution in [0.3, 0.4) is 0 Å². The Kier molecular flexibility index (Phi) is 5.20. The summed E-state index contributed by atoms with van der Waals surface area (Å²) in [7, 11) is 0. The van der Waals surface area contributed by atoms with Crippen molar-refractivity contribution in [2.75, 3.05) is 13.2 Å². The molecular weight excluding hydrogens is 226 g/mol. The van der Waals surface area contributed by atoms with Gasteiger partial charge >= 0.3 is 0 Å². The van der Waals surface area contributed by atoms with Crippen molar-refractivity contribution in [2.24, 2.45) is 0 Å². The molecule has 18 heavy (non-hydrogen) atoms. The number of hydrogen-bond donors (Lipinski definition) is 1. The minimum Gasteiger partial charge on any atom is -0.376 e. The van der Waals surface area contributed by atoms with Gasteiger partial charge in [0.25, 0.3) is 0 Å². The number of hydrogen-bond acceptors (Lipinski definition) is 3. The first-order chi connectivity index (χ1) is 8.86. The number of ether oxygens (including phenoxy) is 1. The molecule has 0 aromatic carbocycles. The van der Waals surface area contributed by atoms with Crippen molar-refractivity contribution in [1.82, 2.24) is 15.1 Å². The fourth-order valence-electron chi connectivity index (χ4n) is 2.68. The van der Waals surface area contributed by atoms with Gasteiger partial charge in [0, 0.05) is 19.3 Å². The molecule has 2 rings (SSSR count). The van der Waals surface area contributed by atoms with E-state index in [1.165, 1.54) is 18.5 Å². The highest BCUT2D eigenvalue weighted by molar-refractivity contribution is 5.09. The van der Waals surface area contributed by atoms with E-state index in [9.17, 15) is 0 Å². The van der Waals surface area contributed by atoms with Crippen molar-refractivity contribution in [3.05, 3.63) is 18.0 Å². The second kappa shape index (κ2) is 6.90. The van der Waals surface area contributed by atoms with E-state index >= 15 is 0 Å². The van der Waals surface area contributed by atoms with E-state index in [1.54, 1.807) is 0 Å². The minimum absolute atomic E-state index is 0.282. The zero-order valence-corrected chi connectivity index (χ0v) is 11.6. The van der Waals surface area contributed by atoms with Crippen molar-refractivity contribution >= 4 is 0 Å². The van der Waals surface area contributed by atoms with E-state index < -0.39 is 0 Å². The van der Waals surface area contributed by atoms with E-state index in [-0.39, 0.29) is 6.04 Å². The summed E-state index contributed by atoms with van der Waals surface area (Å²) in [5.41, 5.74) is 1.27. The number of nitrogens with one attached hydrogen (secondary N) is 1. The summed E-state index contributed by atoms with van der Waals surface area (Å²) >= 11 is 0. The number of rotatable bonds is 6. The molecule has 2 heterocycles. The summed E-state index contributed by atoms with van der Waals surface area (Å²) < 4.78 is 8.06. The average molecular weight is 251 g/mol. The fraction of sp³-hybridized carbons (Fsp3) is 0.786. The Morgan fingerprint density at radius 2 is 2.39 bits per heavy atom.